The van der Waals surface area contributed by atoms with Crippen molar-refractivity contribution in [1.29, 1.82) is 0 Å². The van der Waals surface area contributed by atoms with Crippen molar-refractivity contribution in [1.82, 2.24) is 9.78 Å². The largest absolute Gasteiger partial charge is 0.504 e. The Bertz CT molecular complexity index is 541. The van der Waals surface area contributed by atoms with Crippen LogP contribution in [0.3, 0.4) is 0 Å². The zero-order chi connectivity index (χ0) is 12.6. The highest BCUT2D eigenvalue weighted by atomic mass is 19.1. The summed E-state index contributed by atoms with van der Waals surface area (Å²) < 4.78 is 15.4. The van der Waals surface area contributed by atoms with Gasteiger partial charge in [0, 0.05) is 5.56 Å². The van der Waals surface area contributed by atoms with E-state index < -0.39 is 0 Å². The molecule has 0 aliphatic heterocycles. The van der Waals surface area contributed by atoms with E-state index in [1.165, 1.54) is 12.3 Å². The zero-order valence-corrected chi connectivity index (χ0v) is 10.1. The van der Waals surface area contributed by atoms with E-state index in [2.05, 4.69) is 5.10 Å². The molecule has 0 bridgehead atoms. The molecule has 90 valence electrons. The number of aromatic hydroxyl groups is 1. The van der Waals surface area contributed by atoms with Crippen LogP contribution < -0.4 is 0 Å². The summed E-state index contributed by atoms with van der Waals surface area (Å²) in [6, 6.07) is 6.36. The fraction of sp³-hybridized carbons (Fsp3) is 0.308. The van der Waals surface area contributed by atoms with Crippen LogP contribution in [0.25, 0.3) is 11.3 Å². The molecule has 0 saturated heterocycles. The Morgan fingerprint density at radius 2 is 1.88 bits per heavy atom. The van der Waals surface area contributed by atoms with Gasteiger partial charge in [-0.3, -0.25) is 4.68 Å². The van der Waals surface area contributed by atoms with E-state index in [0.717, 1.165) is 0 Å². The second-order valence-corrected chi connectivity index (χ2v) is 4.94. The maximum absolute atomic E-state index is 13.7. The van der Waals surface area contributed by atoms with Crippen molar-refractivity contribution in [3.05, 3.63) is 36.3 Å². The van der Waals surface area contributed by atoms with Crippen molar-refractivity contribution in [2.75, 3.05) is 0 Å². The Balaban J connectivity index is 2.68. The Labute approximate surface area is 99.5 Å². The molecule has 2 aromatic rings. The standard InChI is InChI=1S/C13H15FN2O/c1-13(2,3)16-12(11(17)8-15-16)9-6-4-5-7-10(9)14/h4-8,17H,1-3H3. The third-order valence-corrected chi connectivity index (χ3v) is 2.51. The summed E-state index contributed by atoms with van der Waals surface area (Å²) >= 11 is 0. The third kappa shape index (κ3) is 2.02. The monoisotopic (exact) mass is 234 g/mol. The van der Waals surface area contributed by atoms with Crippen molar-refractivity contribution in [3.8, 4) is 17.0 Å². The highest BCUT2D eigenvalue weighted by Crippen LogP contribution is 2.34. The molecule has 0 saturated carbocycles. The summed E-state index contributed by atoms with van der Waals surface area (Å²) in [7, 11) is 0. The first kappa shape index (κ1) is 11.6. The van der Waals surface area contributed by atoms with E-state index in [9.17, 15) is 9.50 Å². The van der Waals surface area contributed by atoms with Crippen LogP contribution >= 0.6 is 0 Å². The van der Waals surface area contributed by atoms with E-state index in [1.54, 1.807) is 22.9 Å². The van der Waals surface area contributed by atoms with Crippen LogP contribution in [0.4, 0.5) is 4.39 Å². The molecule has 0 fully saturated rings. The van der Waals surface area contributed by atoms with Crippen LogP contribution in [-0.4, -0.2) is 14.9 Å². The number of nitrogens with zero attached hydrogens (tertiary/aromatic N) is 2. The number of halogens is 1. The molecular formula is C13H15FN2O. The second-order valence-electron chi connectivity index (χ2n) is 4.94. The number of benzene rings is 1. The average Bonchev–Trinajstić information content (AvgIpc) is 2.60. The van der Waals surface area contributed by atoms with Gasteiger partial charge in [-0.05, 0) is 32.9 Å². The smallest absolute Gasteiger partial charge is 0.161 e. The van der Waals surface area contributed by atoms with Crippen LogP contribution in [0, 0.1) is 5.82 Å². The minimum absolute atomic E-state index is 0.00924. The van der Waals surface area contributed by atoms with Gasteiger partial charge >= 0.3 is 0 Å². The minimum Gasteiger partial charge on any atom is -0.504 e. The Kier molecular flexibility index (Phi) is 2.65. The van der Waals surface area contributed by atoms with Gasteiger partial charge in [0.15, 0.2) is 5.75 Å². The van der Waals surface area contributed by atoms with E-state index in [0.29, 0.717) is 11.3 Å². The molecule has 17 heavy (non-hydrogen) atoms. The lowest BCUT2D eigenvalue weighted by atomic mass is 10.1. The third-order valence-electron chi connectivity index (χ3n) is 2.51. The minimum atomic E-state index is -0.367. The maximum Gasteiger partial charge on any atom is 0.161 e. The van der Waals surface area contributed by atoms with Gasteiger partial charge < -0.3 is 5.11 Å². The first-order chi connectivity index (χ1) is 7.91. The van der Waals surface area contributed by atoms with Crippen molar-refractivity contribution >= 4 is 0 Å². The maximum atomic E-state index is 13.7. The summed E-state index contributed by atoms with van der Waals surface area (Å²) in [6.07, 6.45) is 1.34. The van der Waals surface area contributed by atoms with Gasteiger partial charge in [0.2, 0.25) is 0 Å². The molecule has 1 N–H and O–H groups in total. The Morgan fingerprint density at radius 3 is 2.47 bits per heavy atom. The van der Waals surface area contributed by atoms with Gasteiger partial charge in [0.25, 0.3) is 0 Å². The number of rotatable bonds is 1. The molecule has 0 spiro atoms. The number of hydrogen-bond donors (Lipinski definition) is 1. The van der Waals surface area contributed by atoms with Crippen molar-refractivity contribution < 1.29 is 9.50 Å². The molecule has 0 atom stereocenters. The molecule has 1 aromatic carbocycles. The first-order valence-electron chi connectivity index (χ1n) is 5.43. The van der Waals surface area contributed by atoms with E-state index in [-0.39, 0.29) is 17.1 Å². The van der Waals surface area contributed by atoms with Gasteiger partial charge in [-0.1, -0.05) is 12.1 Å². The van der Waals surface area contributed by atoms with Crippen molar-refractivity contribution in [3.63, 3.8) is 0 Å². The van der Waals surface area contributed by atoms with Crippen LogP contribution in [0.2, 0.25) is 0 Å². The topological polar surface area (TPSA) is 38.0 Å². The van der Waals surface area contributed by atoms with Crippen LogP contribution in [0.15, 0.2) is 30.5 Å². The van der Waals surface area contributed by atoms with E-state index >= 15 is 0 Å². The molecule has 3 nitrogen and oxygen atoms in total. The molecular weight excluding hydrogens is 219 g/mol. The molecule has 0 aliphatic rings. The molecule has 2 rings (SSSR count). The molecule has 0 amide bonds. The van der Waals surface area contributed by atoms with Gasteiger partial charge in [0.1, 0.15) is 11.5 Å². The summed E-state index contributed by atoms with van der Waals surface area (Å²) in [6.45, 7) is 5.84. The lowest BCUT2D eigenvalue weighted by Crippen LogP contribution is -2.24. The van der Waals surface area contributed by atoms with E-state index in [4.69, 9.17) is 0 Å². The van der Waals surface area contributed by atoms with Crippen LogP contribution in [-0.2, 0) is 5.54 Å². The normalized spacial score (nSPS) is 11.8. The van der Waals surface area contributed by atoms with Gasteiger partial charge in [-0.2, -0.15) is 5.10 Å². The quantitative estimate of drug-likeness (QED) is 0.823. The fourth-order valence-corrected chi connectivity index (χ4v) is 1.75. The highest BCUT2D eigenvalue weighted by molar-refractivity contribution is 5.66. The second kappa shape index (κ2) is 3.87. The fourth-order valence-electron chi connectivity index (χ4n) is 1.75. The van der Waals surface area contributed by atoms with E-state index in [1.807, 2.05) is 20.8 Å². The van der Waals surface area contributed by atoms with Crippen LogP contribution in [0.1, 0.15) is 20.8 Å². The van der Waals surface area contributed by atoms with Gasteiger partial charge in [-0.25, -0.2) is 4.39 Å². The lowest BCUT2D eigenvalue weighted by Gasteiger charge is -2.22. The van der Waals surface area contributed by atoms with Crippen molar-refractivity contribution in [2.24, 2.45) is 0 Å². The summed E-state index contributed by atoms with van der Waals surface area (Å²) in [5.74, 6) is -0.376. The Morgan fingerprint density at radius 1 is 1.24 bits per heavy atom. The van der Waals surface area contributed by atoms with Crippen LogP contribution in [0.5, 0.6) is 5.75 Å². The molecule has 1 heterocycles. The number of hydrogen-bond acceptors (Lipinski definition) is 2. The van der Waals surface area contributed by atoms with Crippen molar-refractivity contribution in [2.45, 2.75) is 26.3 Å². The SMILES string of the molecule is CC(C)(C)n1ncc(O)c1-c1ccccc1F. The average molecular weight is 234 g/mol. The molecule has 0 aliphatic carbocycles. The predicted octanol–water partition coefficient (Wildman–Crippen LogP) is 3.15. The Hall–Kier alpha value is -1.84. The van der Waals surface area contributed by atoms with Gasteiger partial charge in [-0.15, -0.1) is 0 Å². The summed E-state index contributed by atoms with van der Waals surface area (Å²) in [5, 5.41) is 13.9. The molecule has 0 radical (unpaired) electrons. The molecule has 0 unspecified atom stereocenters. The predicted molar refractivity (Wildman–Crippen MR) is 64.3 cm³/mol. The van der Waals surface area contributed by atoms with Gasteiger partial charge in [0.05, 0.1) is 11.7 Å². The molecule has 1 aromatic heterocycles. The highest BCUT2D eigenvalue weighted by Gasteiger charge is 2.23. The summed E-state index contributed by atoms with van der Waals surface area (Å²) in [5.41, 5.74) is 0.450. The number of aromatic nitrogens is 2. The first-order valence-corrected chi connectivity index (χ1v) is 5.43. The zero-order valence-electron chi connectivity index (χ0n) is 10.1. The lowest BCUT2D eigenvalue weighted by molar-refractivity contribution is 0.357. The summed E-state index contributed by atoms with van der Waals surface area (Å²) in [4.78, 5) is 0. The molecule has 4 heteroatoms.